The zero-order chi connectivity index (χ0) is 13.1. The molecule has 2 aromatic rings. The summed E-state index contributed by atoms with van der Waals surface area (Å²) in [4.78, 5) is 12.1. The second kappa shape index (κ2) is 5.18. The van der Waals surface area contributed by atoms with Crippen molar-refractivity contribution in [2.45, 2.75) is 16.7 Å². The molecule has 0 aromatic heterocycles. The van der Waals surface area contributed by atoms with Crippen LogP contribution in [0.4, 0.5) is 10.1 Å². The molecule has 2 rings (SSSR count). The summed E-state index contributed by atoms with van der Waals surface area (Å²) in [7, 11) is 0. The van der Waals surface area contributed by atoms with Gasteiger partial charge in [0.25, 0.3) is 5.69 Å². The number of aryl methyl sites for hydroxylation is 1. The lowest BCUT2D eigenvalue weighted by Crippen LogP contribution is -1.91. The Hall–Kier alpha value is -1.88. The smallest absolute Gasteiger partial charge is 0.258 e. The van der Waals surface area contributed by atoms with Crippen molar-refractivity contribution in [2.24, 2.45) is 0 Å². The highest BCUT2D eigenvalue weighted by Gasteiger charge is 2.10. The van der Waals surface area contributed by atoms with Gasteiger partial charge in [-0.15, -0.1) is 0 Å². The van der Waals surface area contributed by atoms with E-state index in [-0.39, 0.29) is 11.5 Å². The van der Waals surface area contributed by atoms with Crippen molar-refractivity contribution in [3.05, 3.63) is 64.0 Å². The predicted octanol–water partition coefficient (Wildman–Crippen LogP) is 4.19. The molecule has 3 nitrogen and oxygen atoms in total. The normalized spacial score (nSPS) is 10.3. The highest BCUT2D eigenvalue weighted by Crippen LogP contribution is 2.30. The predicted molar refractivity (Wildman–Crippen MR) is 68.4 cm³/mol. The van der Waals surface area contributed by atoms with Crippen LogP contribution in [0.3, 0.4) is 0 Å². The Morgan fingerprint density at radius 3 is 2.28 bits per heavy atom. The maximum atomic E-state index is 12.7. The fourth-order valence-electron chi connectivity index (χ4n) is 1.54. The van der Waals surface area contributed by atoms with E-state index in [9.17, 15) is 14.5 Å². The molecular formula is C13H10FNO2S. The average Bonchev–Trinajstić information content (AvgIpc) is 2.32. The van der Waals surface area contributed by atoms with Crippen LogP contribution in [0.1, 0.15) is 5.56 Å². The van der Waals surface area contributed by atoms with Crippen molar-refractivity contribution in [1.29, 1.82) is 0 Å². The molecule has 92 valence electrons. The Balaban J connectivity index is 2.22. The third-order valence-electron chi connectivity index (χ3n) is 2.41. The van der Waals surface area contributed by atoms with Gasteiger partial charge >= 0.3 is 0 Å². The molecule has 0 unspecified atom stereocenters. The average molecular weight is 263 g/mol. The fourth-order valence-corrected chi connectivity index (χ4v) is 2.45. The number of nitro benzene ring substituents is 1. The third kappa shape index (κ3) is 2.87. The summed E-state index contributed by atoms with van der Waals surface area (Å²) < 4.78 is 12.7. The molecule has 0 radical (unpaired) electrons. The van der Waals surface area contributed by atoms with Crippen LogP contribution in [-0.2, 0) is 0 Å². The van der Waals surface area contributed by atoms with Gasteiger partial charge in [0.15, 0.2) is 0 Å². The lowest BCUT2D eigenvalue weighted by atomic mass is 10.2. The fraction of sp³-hybridized carbons (Fsp3) is 0.0769. The van der Waals surface area contributed by atoms with Crippen molar-refractivity contribution in [1.82, 2.24) is 0 Å². The zero-order valence-electron chi connectivity index (χ0n) is 9.59. The second-order valence-electron chi connectivity index (χ2n) is 3.76. The molecule has 0 saturated carbocycles. The summed E-state index contributed by atoms with van der Waals surface area (Å²) in [6, 6.07) is 11.1. The van der Waals surface area contributed by atoms with Crippen LogP contribution in [0.2, 0.25) is 0 Å². The van der Waals surface area contributed by atoms with Gasteiger partial charge in [0.1, 0.15) is 5.82 Å². The maximum absolute atomic E-state index is 12.7. The number of halogens is 1. The van der Waals surface area contributed by atoms with Crippen LogP contribution in [0.15, 0.2) is 52.3 Å². The van der Waals surface area contributed by atoms with E-state index in [1.165, 1.54) is 30.0 Å². The minimum Gasteiger partial charge on any atom is -0.258 e. The van der Waals surface area contributed by atoms with Gasteiger partial charge in [-0.2, -0.15) is 0 Å². The molecule has 5 heteroatoms. The van der Waals surface area contributed by atoms with Gasteiger partial charge in [0.05, 0.1) is 4.92 Å². The molecule has 0 atom stereocenters. The minimum atomic E-state index is -0.401. The number of nitrogens with zero attached hydrogens (tertiary/aromatic N) is 1. The van der Waals surface area contributed by atoms with E-state index in [4.69, 9.17) is 0 Å². The first kappa shape index (κ1) is 12.6. The quantitative estimate of drug-likeness (QED) is 0.616. The number of nitro groups is 1. The molecule has 2 aromatic carbocycles. The lowest BCUT2D eigenvalue weighted by Gasteiger charge is -2.03. The molecule has 0 bridgehead atoms. The minimum absolute atomic E-state index is 0.110. The van der Waals surface area contributed by atoms with Gasteiger partial charge in [-0.3, -0.25) is 10.1 Å². The van der Waals surface area contributed by atoms with Gasteiger partial charge in [-0.1, -0.05) is 11.8 Å². The van der Waals surface area contributed by atoms with E-state index >= 15 is 0 Å². The standard InChI is InChI=1S/C13H10FNO2S/c1-9-8-12(6-7-13(9)15(16)17)18-11-4-2-10(14)3-5-11/h2-8H,1H3. The lowest BCUT2D eigenvalue weighted by molar-refractivity contribution is -0.385. The Bertz CT molecular complexity index is 584. The molecule has 0 heterocycles. The zero-order valence-corrected chi connectivity index (χ0v) is 10.4. The van der Waals surface area contributed by atoms with E-state index in [1.54, 1.807) is 31.2 Å². The molecule has 0 amide bonds. The van der Waals surface area contributed by atoms with E-state index < -0.39 is 4.92 Å². The first-order valence-corrected chi connectivity index (χ1v) is 6.06. The molecule has 0 fully saturated rings. The SMILES string of the molecule is Cc1cc(Sc2ccc(F)cc2)ccc1[N+](=O)[O-]. The summed E-state index contributed by atoms with van der Waals surface area (Å²) >= 11 is 1.44. The second-order valence-corrected chi connectivity index (χ2v) is 4.91. The Labute approximate surface area is 108 Å². The summed E-state index contributed by atoms with van der Waals surface area (Å²) in [5.74, 6) is -0.278. The van der Waals surface area contributed by atoms with Gasteiger partial charge in [-0.25, -0.2) is 4.39 Å². The van der Waals surface area contributed by atoms with E-state index in [0.29, 0.717) is 5.56 Å². The maximum Gasteiger partial charge on any atom is 0.272 e. The Kier molecular flexibility index (Phi) is 3.62. The molecular weight excluding hydrogens is 253 g/mol. The highest BCUT2D eigenvalue weighted by atomic mass is 32.2. The van der Waals surface area contributed by atoms with Crippen LogP contribution >= 0.6 is 11.8 Å². The van der Waals surface area contributed by atoms with Gasteiger partial charge < -0.3 is 0 Å². The summed E-state index contributed by atoms with van der Waals surface area (Å²) in [6.45, 7) is 1.70. The number of hydrogen-bond acceptors (Lipinski definition) is 3. The number of hydrogen-bond donors (Lipinski definition) is 0. The van der Waals surface area contributed by atoms with Crippen LogP contribution in [-0.4, -0.2) is 4.92 Å². The van der Waals surface area contributed by atoms with Crippen molar-refractivity contribution >= 4 is 17.4 Å². The monoisotopic (exact) mass is 263 g/mol. The number of benzene rings is 2. The number of rotatable bonds is 3. The molecule has 0 N–H and O–H groups in total. The molecule has 0 aliphatic heterocycles. The van der Waals surface area contributed by atoms with E-state index in [0.717, 1.165) is 9.79 Å². The molecule has 18 heavy (non-hydrogen) atoms. The summed E-state index contributed by atoms with van der Waals surface area (Å²) in [5.41, 5.74) is 0.727. The van der Waals surface area contributed by atoms with Crippen LogP contribution < -0.4 is 0 Å². The van der Waals surface area contributed by atoms with E-state index in [2.05, 4.69) is 0 Å². The third-order valence-corrected chi connectivity index (χ3v) is 3.41. The van der Waals surface area contributed by atoms with E-state index in [1.807, 2.05) is 0 Å². The van der Waals surface area contributed by atoms with Crippen molar-refractivity contribution in [3.63, 3.8) is 0 Å². The van der Waals surface area contributed by atoms with Gasteiger partial charge in [0, 0.05) is 21.4 Å². The molecule has 0 aliphatic rings. The molecule has 0 saturated heterocycles. The molecule has 0 spiro atoms. The van der Waals surface area contributed by atoms with Crippen molar-refractivity contribution in [2.75, 3.05) is 0 Å². The Morgan fingerprint density at radius 1 is 1.11 bits per heavy atom. The summed E-state index contributed by atoms with van der Waals surface area (Å²) in [5, 5.41) is 10.7. The first-order chi connectivity index (χ1) is 8.56. The van der Waals surface area contributed by atoms with Crippen LogP contribution in [0.25, 0.3) is 0 Å². The Morgan fingerprint density at radius 2 is 1.72 bits per heavy atom. The van der Waals surface area contributed by atoms with Crippen LogP contribution in [0, 0.1) is 22.9 Å². The van der Waals surface area contributed by atoms with Crippen molar-refractivity contribution < 1.29 is 9.31 Å². The van der Waals surface area contributed by atoms with Crippen molar-refractivity contribution in [3.8, 4) is 0 Å². The summed E-state index contributed by atoms with van der Waals surface area (Å²) in [6.07, 6.45) is 0. The van der Waals surface area contributed by atoms with Gasteiger partial charge in [0.2, 0.25) is 0 Å². The molecule has 0 aliphatic carbocycles. The highest BCUT2D eigenvalue weighted by molar-refractivity contribution is 7.99. The first-order valence-electron chi connectivity index (χ1n) is 5.25. The van der Waals surface area contributed by atoms with Crippen LogP contribution in [0.5, 0.6) is 0 Å². The van der Waals surface area contributed by atoms with Gasteiger partial charge in [-0.05, 0) is 43.3 Å². The largest absolute Gasteiger partial charge is 0.272 e. The topological polar surface area (TPSA) is 43.1 Å².